The monoisotopic (exact) mass is 202 g/mol. The van der Waals surface area contributed by atoms with Crippen molar-refractivity contribution >= 4 is 5.91 Å². The van der Waals surface area contributed by atoms with Crippen molar-refractivity contribution < 1.29 is 9.53 Å². The molecule has 0 aromatic carbocycles. The van der Waals surface area contributed by atoms with Gasteiger partial charge in [-0.2, -0.15) is 0 Å². The fraction of sp³-hybridized carbons (Fsp3) is 0.900. The molecule has 0 aromatic rings. The van der Waals surface area contributed by atoms with Crippen molar-refractivity contribution in [2.75, 3.05) is 19.8 Å². The SMILES string of the molecule is CCCNC(C)(CCOCC)C(N)=O. The number of nitrogens with two attached hydrogens (primary N) is 1. The minimum absolute atomic E-state index is 0.314. The highest BCUT2D eigenvalue weighted by Crippen LogP contribution is 2.09. The second-order valence-electron chi connectivity index (χ2n) is 3.57. The standard InChI is InChI=1S/C10H22N2O2/c1-4-7-12-10(3,9(11)13)6-8-14-5-2/h12H,4-8H2,1-3H3,(H2,11,13). The highest BCUT2D eigenvalue weighted by molar-refractivity contribution is 5.84. The Morgan fingerprint density at radius 2 is 2.14 bits per heavy atom. The Balaban J connectivity index is 4.03. The van der Waals surface area contributed by atoms with Crippen LogP contribution in [-0.4, -0.2) is 31.2 Å². The maximum atomic E-state index is 11.2. The zero-order valence-electron chi connectivity index (χ0n) is 9.43. The van der Waals surface area contributed by atoms with Crippen LogP contribution in [-0.2, 0) is 9.53 Å². The summed E-state index contributed by atoms with van der Waals surface area (Å²) < 4.78 is 5.21. The largest absolute Gasteiger partial charge is 0.382 e. The summed E-state index contributed by atoms with van der Waals surface area (Å²) >= 11 is 0. The third kappa shape index (κ3) is 4.58. The Hall–Kier alpha value is -0.610. The Labute approximate surface area is 86.2 Å². The van der Waals surface area contributed by atoms with Gasteiger partial charge in [0.15, 0.2) is 0 Å². The summed E-state index contributed by atoms with van der Waals surface area (Å²) in [6.45, 7) is 7.84. The van der Waals surface area contributed by atoms with E-state index in [2.05, 4.69) is 12.2 Å². The molecule has 0 aromatic heterocycles. The van der Waals surface area contributed by atoms with Crippen molar-refractivity contribution in [3.8, 4) is 0 Å². The van der Waals surface area contributed by atoms with Crippen LogP contribution in [0.2, 0.25) is 0 Å². The van der Waals surface area contributed by atoms with Crippen molar-refractivity contribution in [1.82, 2.24) is 5.32 Å². The van der Waals surface area contributed by atoms with Gasteiger partial charge in [-0.1, -0.05) is 6.92 Å². The van der Waals surface area contributed by atoms with E-state index in [1.54, 1.807) is 0 Å². The zero-order valence-corrected chi connectivity index (χ0v) is 9.43. The lowest BCUT2D eigenvalue weighted by atomic mass is 9.97. The summed E-state index contributed by atoms with van der Waals surface area (Å²) in [6, 6.07) is 0. The molecule has 0 saturated carbocycles. The predicted molar refractivity (Wildman–Crippen MR) is 57.0 cm³/mol. The van der Waals surface area contributed by atoms with Gasteiger partial charge in [-0.25, -0.2) is 0 Å². The van der Waals surface area contributed by atoms with Gasteiger partial charge in [-0.05, 0) is 33.2 Å². The number of ether oxygens (including phenoxy) is 1. The molecule has 0 saturated heterocycles. The molecule has 1 unspecified atom stereocenters. The lowest BCUT2D eigenvalue weighted by Gasteiger charge is -2.27. The van der Waals surface area contributed by atoms with Gasteiger partial charge >= 0.3 is 0 Å². The molecule has 1 amide bonds. The van der Waals surface area contributed by atoms with Crippen molar-refractivity contribution in [3.63, 3.8) is 0 Å². The third-order valence-electron chi connectivity index (χ3n) is 2.26. The number of amides is 1. The molecule has 4 nitrogen and oxygen atoms in total. The topological polar surface area (TPSA) is 64.3 Å². The number of primary amides is 1. The first-order valence-electron chi connectivity index (χ1n) is 5.19. The number of carbonyl (C=O) groups excluding carboxylic acids is 1. The van der Waals surface area contributed by atoms with Crippen LogP contribution in [0, 0.1) is 0 Å². The van der Waals surface area contributed by atoms with Crippen LogP contribution in [0.3, 0.4) is 0 Å². The fourth-order valence-corrected chi connectivity index (χ4v) is 1.12. The summed E-state index contributed by atoms with van der Waals surface area (Å²) in [6.07, 6.45) is 1.60. The van der Waals surface area contributed by atoms with E-state index in [4.69, 9.17) is 10.5 Å². The molecular weight excluding hydrogens is 180 g/mol. The minimum atomic E-state index is -0.634. The predicted octanol–water partition coefficient (Wildman–Crippen LogP) is 0.657. The first kappa shape index (κ1) is 13.4. The van der Waals surface area contributed by atoms with Gasteiger partial charge in [0.25, 0.3) is 0 Å². The molecule has 0 aliphatic carbocycles. The maximum absolute atomic E-state index is 11.2. The average molecular weight is 202 g/mol. The second-order valence-corrected chi connectivity index (χ2v) is 3.57. The summed E-state index contributed by atoms with van der Waals surface area (Å²) in [5, 5.41) is 3.15. The zero-order chi connectivity index (χ0) is 11.0. The number of hydrogen-bond donors (Lipinski definition) is 2. The van der Waals surface area contributed by atoms with Crippen LogP contribution < -0.4 is 11.1 Å². The third-order valence-corrected chi connectivity index (χ3v) is 2.26. The summed E-state index contributed by atoms with van der Waals surface area (Å²) in [7, 11) is 0. The smallest absolute Gasteiger partial charge is 0.237 e. The molecule has 14 heavy (non-hydrogen) atoms. The Kier molecular flexibility index (Phi) is 6.49. The van der Waals surface area contributed by atoms with E-state index in [9.17, 15) is 4.79 Å². The Morgan fingerprint density at radius 3 is 2.57 bits per heavy atom. The van der Waals surface area contributed by atoms with Crippen molar-refractivity contribution in [1.29, 1.82) is 0 Å². The van der Waals surface area contributed by atoms with E-state index in [-0.39, 0.29) is 5.91 Å². The van der Waals surface area contributed by atoms with Crippen LogP contribution in [0.5, 0.6) is 0 Å². The van der Waals surface area contributed by atoms with Crippen LogP contribution in [0.1, 0.15) is 33.6 Å². The van der Waals surface area contributed by atoms with E-state index in [0.29, 0.717) is 19.6 Å². The normalized spacial score (nSPS) is 15.1. The highest BCUT2D eigenvalue weighted by atomic mass is 16.5. The quantitative estimate of drug-likeness (QED) is 0.568. The molecule has 0 aliphatic rings. The van der Waals surface area contributed by atoms with Gasteiger partial charge in [0.2, 0.25) is 5.91 Å². The molecular formula is C10H22N2O2. The molecule has 84 valence electrons. The van der Waals surface area contributed by atoms with Crippen LogP contribution >= 0.6 is 0 Å². The summed E-state index contributed by atoms with van der Waals surface area (Å²) in [5.41, 5.74) is 4.70. The fourth-order valence-electron chi connectivity index (χ4n) is 1.12. The van der Waals surface area contributed by atoms with Gasteiger partial charge in [0.05, 0.1) is 5.54 Å². The average Bonchev–Trinajstić information content (AvgIpc) is 2.15. The van der Waals surface area contributed by atoms with E-state index in [1.165, 1.54) is 0 Å². The first-order valence-corrected chi connectivity index (χ1v) is 5.19. The molecule has 3 N–H and O–H groups in total. The molecule has 0 bridgehead atoms. The molecule has 0 heterocycles. The molecule has 4 heteroatoms. The minimum Gasteiger partial charge on any atom is -0.382 e. The van der Waals surface area contributed by atoms with Crippen molar-refractivity contribution in [2.24, 2.45) is 5.73 Å². The van der Waals surface area contributed by atoms with E-state index < -0.39 is 5.54 Å². The molecule has 0 aliphatic heterocycles. The lowest BCUT2D eigenvalue weighted by Crippen LogP contribution is -2.54. The Bertz CT molecular complexity index is 174. The number of hydrogen-bond acceptors (Lipinski definition) is 3. The number of carbonyl (C=O) groups is 1. The van der Waals surface area contributed by atoms with Gasteiger partial charge in [0, 0.05) is 13.2 Å². The maximum Gasteiger partial charge on any atom is 0.237 e. The lowest BCUT2D eigenvalue weighted by molar-refractivity contribution is -0.124. The van der Waals surface area contributed by atoms with Gasteiger partial charge < -0.3 is 15.8 Å². The van der Waals surface area contributed by atoms with Crippen LogP contribution in [0.25, 0.3) is 0 Å². The Morgan fingerprint density at radius 1 is 1.50 bits per heavy atom. The molecule has 0 fully saturated rings. The van der Waals surface area contributed by atoms with E-state index in [0.717, 1.165) is 13.0 Å². The molecule has 0 spiro atoms. The van der Waals surface area contributed by atoms with Crippen LogP contribution in [0.15, 0.2) is 0 Å². The summed E-state index contributed by atoms with van der Waals surface area (Å²) in [5.74, 6) is -0.314. The van der Waals surface area contributed by atoms with E-state index in [1.807, 2.05) is 13.8 Å². The molecule has 1 atom stereocenters. The van der Waals surface area contributed by atoms with Gasteiger partial charge in [-0.15, -0.1) is 0 Å². The number of nitrogens with one attached hydrogen (secondary N) is 1. The van der Waals surface area contributed by atoms with E-state index >= 15 is 0 Å². The van der Waals surface area contributed by atoms with Crippen molar-refractivity contribution in [2.45, 2.75) is 39.2 Å². The number of rotatable bonds is 8. The summed E-state index contributed by atoms with van der Waals surface area (Å²) in [4.78, 5) is 11.2. The second kappa shape index (κ2) is 6.79. The molecule has 0 radical (unpaired) electrons. The molecule has 0 rings (SSSR count). The van der Waals surface area contributed by atoms with Gasteiger partial charge in [-0.3, -0.25) is 4.79 Å². The van der Waals surface area contributed by atoms with Gasteiger partial charge in [0.1, 0.15) is 0 Å². The van der Waals surface area contributed by atoms with Crippen molar-refractivity contribution in [3.05, 3.63) is 0 Å². The van der Waals surface area contributed by atoms with Crippen LogP contribution in [0.4, 0.5) is 0 Å². The highest BCUT2D eigenvalue weighted by Gasteiger charge is 2.29. The first-order chi connectivity index (χ1) is 6.56.